The van der Waals surface area contributed by atoms with Gasteiger partial charge in [-0.1, -0.05) is 12.1 Å². The van der Waals surface area contributed by atoms with Crippen molar-refractivity contribution >= 4 is 21.6 Å². The van der Waals surface area contributed by atoms with E-state index in [0.29, 0.717) is 12.2 Å². The lowest BCUT2D eigenvalue weighted by Gasteiger charge is -2.08. The molecule has 2 rings (SSSR count). The molecule has 0 fully saturated rings. The number of nitrogens with zero attached hydrogens (tertiary/aromatic N) is 1. The van der Waals surface area contributed by atoms with Crippen LogP contribution in [0.4, 0.5) is 10.1 Å². The molecular formula is C12H10BrFN2. The summed E-state index contributed by atoms with van der Waals surface area (Å²) >= 11 is 3.39. The first-order valence-electron chi connectivity index (χ1n) is 4.84. The standard InChI is InChI=1S/C12H10BrFN2/c13-10-8-15-6-5-9(10)7-16-12-4-2-1-3-11(12)14/h1-6,8,16H,7H2. The van der Waals surface area contributed by atoms with E-state index in [1.165, 1.54) is 6.07 Å². The molecule has 82 valence electrons. The minimum absolute atomic E-state index is 0.243. The Balaban J connectivity index is 2.09. The van der Waals surface area contributed by atoms with Gasteiger partial charge in [0, 0.05) is 23.4 Å². The van der Waals surface area contributed by atoms with Gasteiger partial charge in [-0.3, -0.25) is 4.98 Å². The minimum Gasteiger partial charge on any atom is -0.379 e. The van der Waals surface area contributed by atoms with E-state index in [4.69, 9.17) is 0 Å². The van der Waals surface area contributed by atoms with E-state index >= 15 is 0 Å². The number of para-hydroxylation sites is 1. The molecule has 1 N–H and O–H groups in total. The maximum absolute atomic E-state index is 13.3. The van der Waals surface area contributed by atoms with Crippen molar-refractivity contribution in [2.75, 3.05) is 5.32 Å². The quantitative estimate of drug-likeness (QED) is 0.929. The molecule has 0 aliphatic heterocycles. The molecule has 0 bridgehead atoms. The summed E-state index contributed by atoms with van der Waals surface area (Å²) in [5.41, 5.74) is 1.55. The minimum atomic E-state index is -0.243. The predicted octanol–water partition coefficient (Wildman–Crippen LogP) is 3.60. The van der Waals surface area contributed by atoms with Crippen molar-refractivity contribution in [3.63, 3.8) is 0 Å². The first kappa shape index (κ1) is 11.1. The largest absolute Gasteiger partial charge is 0.379 e. The third-order valence-corrected chi connectivity index (χ3v) is 2.91. The highest BCUT2D eigenvalue weighted by molar-refractivity contribution is 9.10. The Hall–Kier alpha value is -1.42. The van der Waals surface area contributed by atoms with Crippen LogP contribution in [0.5, 0.6) is 0 Å². The van der Waals surface area contributed by atoms with Gasteiger partial charge >= 0.3 is 0 Å². The zero-order valence-electron chi connectivity index (χ0n) is 8.45. The van der Waals surface area contributed by atoms with Crippen molar-refractivity contribution < 1.29 is 4.39 Å². The summed E-state index contributed by atoms with van der Waals surface area (Å²) in [7, 11) is 0. The first-order chi connectivity index (χ1) is 7.77. The van der Waals surface area contributed by atoms with Crippen LogP contribution in [0.15, 0.2) is 47.2 Å². The summed E-state index contributed by atoms with van der Waals surface area (Å²) in [5, 5.41) is 3.04. The van der Waals surface area contributed by atoms with Crippen LogP contribution >= 0.6 is 15.9 Å². The second kappa shape index (κ2) is 5.07. The van der Waals surface area contributed by atoms with Crippen molar-refractivity contribution in [2.45, 2.75) is 6.54 Å². The molecule has 4 heteroatoms. The van der Waals surface area contributed by atoms with E-state index in [1.807, 2.05) is 6.07 Å². The van der Waals surface area contributed by atoms with Crippen LogP contribution < -0.4 is 5.32 Å². The van der Waals surface area contributed by atoms with E-state index in [0.717, 1.165) is 10.0 Å². The second-order valence-corrected chi connectivity index (χ2v) is 4.15. The van der Waals surface area contributed by atoms with Crippen LogP contribution in [0.25, 0.3) is 0 Å². The van der Waals surface area contributed by atoms with Crippen molar-refractivity contribution in [2.24, 2.45) is 0 Å². The number of nitrogens with one attached hydrogen (secondary N) is 1. The van der Waals surface area contributed by atoms with Crippen LogP contribution in [0.1, 0.15) is 5.56 Å². The normalized spacial score (nSPS) is 10.1. The molecule has 0 saturated heterocycles. The lowest BCUT2D eigenvalue weighted by atomic mass is 10.2. The van der Waals surface area contributed by atoms with Crippen molar-refractivity contribution in [1.29, 1.82) is 0 Å². The van der Waals surface area contributed by atoms with Gasteiger partial charge < -0.3 is 5.32 Å². The molecule has 0 aliphatic rings. The van der Waals surface area contributed by atoms with Gasteiger partial charge in [-0.15, -0.1) is 0 Å². The Labute approximate surface area is 102 Å². The highest BCUT2D eigenvalue weighted by atomic mass is 79.9. The third kappa shape index (κ3) is 2.58. The fourth-order valence-electron chi connectivity index (χ4n) is 1.34. The van der Waals surface area contributed by atoms with Gasteiger partial charge in [-0.05, 0) is 39.7 Å². The summed E-state index contributed by atoms with van der Waals surface area (Å²) < 4.78 is 14.2. The highest BCUT2D eigenvalue weighted by Crippen LogP contribution is 2.18. The summed E-state index contributed by atoms with van der Waals surface area (Å²) in [6.07, 6.45) is 3.43. The van der Waals surface area contributed by atoms with E-state index < -0.39 is 0 Å². The third-order valence-electron chi connectivity index (χ3n) is 2.20. The summed E-state index contributed by atoms with van der Waals surface area (Å²) in [5.74, 6) is -0.243. The number of pyridine rings is 1. The molecule has 1 heterocycles. The average molecular weight is 281 g/mol. The summed E-state index contributed by atoms with van der Waals surface area (Å²) in [6.45, 7) is 0.560. The maximum atomic E-state index is 13.3. The van der Waals surface area contributed by atoms with E-state index in [9.17, 15) is 4.39 Å². The highest BCUT2D eigenvalue weighted by Gasteiger charge is 2.02. The van der Waals surface area contributed by atoms with Gasteiger partial charge in [0.25, 0.3) is 0 Å². The van der Waals surface area contributed by atoms with Crippen LogP contribution in [0.2, 0.25) is 0 Å². The van der Waals surface area contributed by atoms with Crippen molar-refractivity contribution in [3.05, 3.63) is 58.6 Å². The lowest BCUT2D eigenvalue weighted by Crippen LogP contribution is -2.02. The number of hydrogen-bond acceptors (Lipinski definition) is 2. The zero-order chi connectivity index (χ0) is 11.4. The SMILES string of the molecule is Fc1ccccc1NCc1ccncc1Br. The number of anilines is 1. The summed E-state index contributed by atoms with van der Waals surface area (Å²) in [4.78, 5) is 3.97. The first-order valence-corrected chi connectivity index (χ1v) is 5.63. The maximum Gasteiger partial charge on any atom is 0.146 e. The monoisotopic (exact) mass is 280 g/mol. The Kier molecular flexibility index (Phi) is 3.51. The number of halogens is 2. The van der Waals surface area contributed by atoms with E-state index in [2.05, 4.69) is 26.2 Å². The Morgan fingerprint density at radius 1 is 1.25 bits per heavy atom. The number of aromatic nitrogens is 1. The molecule has 1 aromatic carbocycles. The fourth-order valence-corrected chi connectivity index (χ4v) is 1.73. The fraction of sp³-hybridized carbons (Fsp3) is 0.0833. The average Bonchev–Trinajstić information content (AvgIpc) is 2.30. The number of hydrogen-bond donors (Lipinski definition) is 1. The molecule has 16 heavy (non-hydrogen) atoms. The molecule has 2 nitrogen and oxygen atoms in total. The van der Waals surface area contributed by atoms with Crippen LogP contribution in [0, 0.1) is 5.82 Å². The molecule has 0 aliphatic carbocycles. The van der Waals surface area contributed by atoms with Gasteiger partial charge in [-0.2, -0.15) is 0 Å². The predicted molar refractivity (Wildman–Crippen MR) is 65.7 cm³/mol. The van der Waals surface area contributed by atoms with Gasteiger partial charge in [0.05, 0.1) is 5.69 Å². The molecule has 0 unspecified atom stereocenters. The topological polar surface area (TPSA) is 24.9 Å². The molecule has 0 saturated carbocycles. The van der Waals surface area contributed by atoms with Crippen molar-refractivity contribution in [1.82, 2.24) is 4.98 Å². The Bertz CT molecular complexity index is 442. The molecule has 2 aromatic rings. The summed E-state index contributed by atoms with van der Waals surface area (Å²) in [6, 6.07) is 8.50. The lowest BCUT2D eigenvalue weighted by molar-refractivity contribution is 0.630. The van der Waals surface area contributed by atoms with Gasteiger partial charge in [-0.25, -0.2) is 4.39 Å². The van der Waals surface area contributed by atoms with Crippen LogP contribution in [-0.2, 0) is 6.54 Å². The van der Waals surface area contributed by atoms with Crippen molar-refractivity contribution in [3.8, 4) is 0 Å². The van der Waals surface area contributed by atoms with E-state index in [1.54, 1.807) is 30.6 Å². The molecular weight excluding hydrogens is 271 g/mol. The molecule has 0 atom stereocenters. The van der Waals surface area contributed by atoms with Crippen LogP contribution in [0.3, 0.4) is 0 Å². The number of rotatable bonds is 3. The molecule has 0 radical (unpaired) electrons. The van der Waals surface area contributed by atoms with Gasteiger partial charge in [0.1, 0.15) is 5.82 Å². The molecule has 0 amide bonds. The second-order valence-electron chi connectivity index (χ2n) is 3.30. The van der Waals surface area contributed by atoms with Gasteiger partial charge in [0.15, 0.2) is 0 Å². The number of benzene rings is 1. The zero-order valence-corrected chi connectivity index (χ0v) is 10.0. The van der Waals surface area contributed by atoms with Crippen LogP contribution in [-0.4, -0.2) is 4.98 Å². The molecule has 1 aromatic heterocycles. The van der Waals surface area contributed by atoms with Gasteiger partial charge in [0.2, 0.25) is 0 Å². The molecule has 0 spiro atoms. The Morgan fingerprint density at radius 3 is 2.81 bits per heavy atom. The Morgan fingerprint density at radius 2 is 2.06 bits per heavy atom. The van der Waals surface area contributed by atoms with E-state index in [-0.39, 0.29) is 5.82 Å². The smallest absolute Gasteiger partial charge is 0.146 e.